The maximum atomic E-state index is 12.4. The third-order valence-electron chi connectivity index (χ3n) is 5.15. The van der Waals surface area contributed by atoms with Crippen LogP contribution < -0.4 is 0 Å². The molecule has 1 aliphatic heterocycles. The minimum absolute atomic E-state index is 0.0309. The van der Waals surface area contributed by atoms with Crippen molar-refractivity contribution >= 4 is 23.9 Å². The van der Waals surface area contributed by atoms with Crippen LogP contribution in [0.4, 0.5) is 0 Å². The van der Waals surface area contributed by atoms with Crippen molar-refractivity contribution in [2.45, 2.75) is 103 Å². The van der Waals surface area contributed by atoms with E-state index < -0.39 is 42.3 Å². The fourth-order valence-electron chi connectivity index (χ4n) is 3.54. The smallest absolute Gasteiger partial charge is 0.306 e. The number of likely N-dealkylation sites (N-methyl/N-ethyl adjacent to an activating group) is 1. The number of carbonyl (C=O) groups is 4. The van der Waals surface area contributed by atoms with Gasteiger partial charge >= 0.3 is 23.9 Å². The number of carbonyl (C=O) groups excluding carboxylic acids is 4. The van der Waals surface area contributed by atoms with Crippen molar-refractivity contribution in [2.75, 3.05) is 20.2 Å². The molecule has 4 atom stereocenters. The SMILES string of the molecule is CCCC(=O)OC[C@@H]1[C@@H](OC(=O)CCC)[C@H](OC(=O)CCC)[C@@H](OC(=O)CCC)CN1C. The van der Waals surface area contributed by atoms with Gasteiger partial charge in [0.1, 0.15) is 6.61 Å². The van der Waals surface area contributed by atoms with E-state index in [9.17, 15) is 19.2 Å². The van der Waals surface area contributed by atoms with E-state index in [1.54, 1.807) is 7.05 Å². The summed E-state index contributed by atoms with van der Waals surface area (Å²) >= 11 is 0. The van der Waals surface area contributed by atoms with Crippen molar-refractivity contribution in [1.82, 2.24) is 4.90 Å². The molecule has 184 valence electrons. The van der Waals surface area contributed by atoms with E-state index >= 15 is 0 Å². The van der Waals surface area contributed by atoms with Crippen molar-refractivity contribution in [3.63, 3.8) is 0 Å². The Labute approximate surface area is 191 Å². The van der Waals surface area contributed by atoms with Gasteiger partial charge in [0.05, 0.1) is 6.04 Å². The number of piperidine rings is 1. The van der Waals surface area contributed by atoms with E-state index in [1.807, 2.05) is 32.6 Å². The first-order valence-corrected chi connectivity index (χ1v) is 11.7. The van der Waals surface area contributed by atoms with Crippen molar-refractivity contribution in [1.29, 1.82) is 0 Å². The molecule has 0 unspecified atom stereocenters. The fourth-order valence-corrected chi connectivity index (χ4v) is 3.54. The average Bonchev–Trinajstić information content (AvgIpc) is 2.71. The summed E-state index contributed by atoms with van der Waals surface area (Å²) in [5.74, 6) is -1.67. The lowest BCUT2D eigenvalue weighted by Gasteiger charge is -2.45. The lowest BCUT2D eigenvalue weighted by atomic mass is 9.93. The summed E-state index contributed by atoms with van der Waals surface area (Å²) in [5, 5.41) is 0. The van der Waals surface area contributed by atoms with Crippen LogP contribution in [0.3, 0.4) is 0 Å². The molecular formula is C23H39NO8. The number of hydrogen-bond donors (Lipinski definition) is 0. The van der Waals surface area contributed by atoms with Crippen molar-refractivity contribution in [2.24, 2.45) is 0 Å². The van der Waals surface area contributed by atoms with Gasteiger partial charge in [0.25, 0.3) is 0 Å². The van der Waals surface area contributed by atoms with Crippen molar-refractivity contribution in [3.05, 3.63) is 0 Å². The summed E-state index contributed by atoms with van der Waals surface area (Å²) in [6.45, 7) is 7.66. The summed E-state index contributed by atoms with van der Waals surface area (Å²) in [4.78, 5) is 50.7. The predicted molar refractivity (Wildman–Crippen MR) is 117 cm³/mol. The molecule has 1 saturated heterocycles. The molecule has 0 aliphatic carbocycles. The van der Waals surface area contributed by atoms with Crippen LogP contribution in [0.5, 0.6) is 0 Å². The largest absolute Gasteiger partial charge is 0.464 e. The number of rotatable bonds is 13. The molecule has 0 saturated carbocycles. The maximum Gasteiger partial charge on any atom is 0.306 e. The van der Waals surface area contributed by atoms with E-state index in [4.69, 9.17) is 18.9 Å². The summed E-state index contributed by atoms with van der Waals surface area (Å²) in [5.41, 5.74) is 0. The number of nitrogens with zero attached hydrogens (tertiary/aromatic N) is 1. The summed E-state index contributed by atoms with van der Waals surface area (Å²) in [7, 11) is 1.77. The van der Waals surface area contributed by atoms with Gasteiger partial charge in [-0.15, -0.1) is 0 Å². The molecular weight excluding hydrogens is 418 g/mol. The molecule has 0 radical (unpaired) electrons. The van der Waals surface area contributed by atoms with E-state index in [0.717, 1.165) is 0 Å². The molecule has 1 heterocycles. The number of esters is 4. The topological polar surface area (TPSA) is 108 Å². The van der Waals surface area contributed by atoms with Crippen LogP contribution in [-0.4, -0.2) is 73.3 Å². The molecule has 1 fully saturated rings. The standard InChI is InChI=1S/C23H39NO8/c1-6-10-18(25)29-15-16-22(31-20(27)12-8-3)23(32-21(28)13-9-4)17(14-24(16)5)30-19(26)11-7-2/h16-17,22-23H,6-15H2,1-5H3/t16-,17+,22-,23-/m1/s1. The lowest BCUT2D eigenvalue weighted by molar-refractivity contribution is -0.208. The third-order valence-corrected chi connectivity index (χ3v) is 5.15. The van der Waals surface area contributed by atoms with Crippen LogP contribution >= 0.6 is 0 Å². The van der Waals surface area contributed by atoms with Gasteiger partial charge in [0, 0.05) is 32.2 Å². The van der Waals surface area contributed by atoms with E-state index in [1.165, 1.54) is 0 Å². The molecule has 0 amide bonds. The first kappa shape index (κ1) is 27.9. The molecule has 0 aromatic rings. The highest BCUT2D eigenvalue weighted by atomic mass is 16.6. The normalized spacial score (nSPS) is 23.3. The van der Waals surface area contributed by atoms with E-state index in [-0.39, 0.29) is 44.8 Å². The molecule has 0 N–H and O–H groups in total. The van der Waals surface area contributed by atoms with Gasteiger partial charge in [-0.25, -0.2) is 0 Å². The highest BCUT2D eigenvalue weighted by molar-refractivity contribution is 5.72. The maximum absolute atomic E-state index is 12.4. The Morgan fingerprint density at radius 1 is 0.688 bits per heavy atom. The van der Waals surface area contributed by atoms with Gasteiger partial charge in [-0.05, 0) is 32.7 Å². The average molecular weight is 458 g/mol. The summed E-state index contributed by atoms with van der Waals surface area (Å²) in [6.07, 6.45) is 0.610. The molecule has 1 rings (SSSR count). The zero-order valence-corrected chi connectivity index (χ0v) is 20.1. The van der Waals surface area contributed by atoms with Gasteiger partial charge in [0.2, 0.25) is 0 Å². The van der Waals surface area contributed by atoms with Crippen LogP contribution in [0.25, 0.3) is 0 Å². The van der Waals surface area contributed by atoms with Gasteiger partial charge in [0.15, 0.2) is 18.3 Å². The Morgan fingerprint density at radius 3 is 1.62 bits per heavy atom. The first-order valence-electron chi connectivity index (χ1n) is 11.7. The van der Waals surface area contributed by atoms with E-state index in [0.29, 0.717) is 25.7 Å². The second-order valence-corrected chi connectivity index (χ2v) is 8.13. The summed E-state index contributed by atoms with van der Waals surface area (Å²) in [6, 6.07) is -0.544. The van der Waals surface area contributed by atoms with E-state index in [2.05, 4.69) is 0 Å². The molecule has 0 aromatic carbocycles. The highest BCUT2D eigenvalue weighted by Crippen LogP contribution is 2.27. The molecule has 32 heavy (non-hydrogen) atoms. The Morgan fingerprint density at radius 2 is 1.12 bits per heavy atom. The van der Waals surface area contributed by atoms with Crippen LogP contribution in [0.15, 0.2) is 0 Å². The van der Waals surface area contributed by atoms with Crippen molar-refractivity contribution in [3.8, 4) is 0 Å². The molecule has 0 aromatic heterocycles. The lowest BCUT2D eigenvalue weighted by Crippen LogP contribution is -2.64. The molecule has 0 bridgehead atoms. The van der Waals surface area contributed by atoms with Gasteiger partial charge in [-0.1, -0.05) is 27.7 Å². The number of hydrogen-bond acceptors (Lipinski definition) is 9. The number of ether oxygens (including phenoxy) is 4. The quantitative estimate of drug-likeness (QED) is 0.305. The summed E-state index contributed by atoms with van der Waals surface area (Å²) < 4.78 is 22.4. The zero-order chi connectivity index (χ0) is 24.1. The van der Waals surface area contributed by atoms with Crippen LogP contribution in [-0.2, 0) is 38.1 Å². The van der Waals surface area contributed by atoms with Gasteiger partial charge in [-0.2, -0.15) is 0 Å². The Bertz CT molecular complexity index is 623. The predicted octanol–water partition coefficient (Wildman–Crippen LogP) is 2.78. The van der Waals surface area contributed by atoms with Gasteiger partial charge < -0.3 is 18.9 Å². The molecule has 0 spiro atoms. The monoisotopic (exact) mass is 457 g/mol. The van der Waals surface area contributed by atoms with Crippen molar-refractivity contribution < 1.29 is 38.1 Å². The minimum atomic E-state index is -0.985. The first-order chi connectivity index (χ1) is 15.3. The van der Waals surface area contributed by atoms with Crippen LogP contribution in [0.1, 0.15) is 79.1 Å². The molecule has 9 nitrogen and oxygen atoms in total. The highest BCUT2D eigenvalue weighted by Gasteiger charge is 2.49. The Hall–Kier alpha value is -2.16. The third kappa shape index (κ3) is 9.14. The Kier molecular flexibility index (Phi) is 12.9. The second-order valence-electron chi connectivity index (χ2n) is 8.13. The minimum Gasteiger partial charge on any atom is -0.464 e. The zero-order valence-electron chi connectivity index (χ0n) is 20.1. The molecule has 1 aliphatic rings. The molecule has 9 heteroatoms. The number of likely N-dealkylation sites (tertiary alicyclic amines) is 1. The van der Waals surface area contributed by atoms with Crippen LogP contribution in [0, 0.1) is 0 Å². The van der Waals surface area contributed by atoms with Gasteiger partial charge in [-0.3, -0.25) is 24.1 Å². The van der Waals surface area contributed by atoms with Crippen LogP contribution in [0.2, 0.25) is 0 Å². The fraction of sp³-hybridized carbons (Fsp3) is 0.826. The Balaban J connectivity index is 3.19. The second kappa shape index (κ2) is 14.8.